The first-order valence-electron chi connectivity index (χ1n) is 8.42. The zero-order valence-corrected chi connectivity index (χ0v) is 16.3. The minimum atomic E-state index is -4.80. The summed E-state index contributed by atoms with van der Waals surface area (Å²) in [6.45, 7) is 3.24. The van der Waals surface area contributed by atoms with Crippen LogP contribution in [0.15, 0.2) is 36.4 Å². The first-order valence-corrected chi connectivity index (χ1v) is 9.18. The van der Waals surface area contributed by atoms with Crippen LogP contribution in [0.25, 0.3) is 0 Å². The van der Waals surface area contributed by atoms with Crippen LogP contribution >= 0.6 is 23.2 Å². The molecule has 2 aromatic rings. The lowest BCUT2D eigenvalue weighted by atomic mass is 9.91. The van der Waals surface area contributed by atoms with Gasteiger partial charge in [0.25, 0.3) is 0 Å². The van der Waals surface area contributed by atoms with Crippen LogP contribution in [-0.4, -0.2) is 11.8 Å². The molecule has 28 heavy (non-hydrogen) atoms. The summed E-state index contributed by atoms with van der Waals surface area (Å²) in [5.74, 6) is -2.70. The number of rotatable bonds is 3. The number of hydrogen-bond acceptors (Lipinski definition) is 3. The number of carbonyl (C=O) groups excluding carboxylic acids is 2. The molecule has 3 nitrogen and oxygen atoms in total. The van der Waals surface area contributed by atoms with E-state index in [1.54, 1.807) is 38.1 Å². The first kappa shape index (κ1) is 20.7. The Morgan fingerprint density at radius 1 is 1.07 bits per heavy atom. The largest absolute Gasteiger partial charge is 0.456 e. The Kier molecular flexibility index (Phi) is 5.47. The molecule has 2 atom stereocenters. The lowest BCUT2D eigenvalue weighted by molar-refractivity contribution is -0.153. The number of carbonyl (C=O) groups is 2. The Morgan fingerprint density at radius 3 is 2.32 bits per heavy atom. The Morgan fingerprint density at radius 2 is 1.71 bits per heavy atom. The van der Waals surface area contributed by atoms with E-state index < -0.39 is 51.5 Å². The van der Waals surface area contributed by atoms with E-state index in [0.717, 1.165) is 6.07 Å². The molecule has 0 radical (unpaired) electrons. The fourth-order valence-corrected chi connectivity index (χ4v) is 3.92. The maximum Gasteiger partial charge on any atom is 0.419 e. The van der Waals surface area contributed by atoms with Gasteiger partial charge in [0.05, 0.1) is 27.4 Å². The lowest BCUT2D eigenvalue weighted by Gasteiger charge is -2.23. The van der Waals surface area contributed by atoms with E-state index in [-0.39, 0.29) is 11.1 Å². The average Bonchev–Trinajstić information content (AvgIpc) is 2.87. The maximum absolute atomic E-state index is 13.4. The summed E-state index contributed by atoms with van der Waals surface area (Å²) in [6.07, 6.45) is -5.87. The molecule has 1 aliphatic carbocycles. The Labute approximate surface area is 169 Å². The molecule has 148 valence electrons. The van der Waals surface area contributed by atoms with E-state index in [0.29, 0.717) is 5.56 Å². The van der Waals surface area contributed by atoms with Gasteiger partial charge in [-0.15, -0.1) is 0 Å². The number of fused-ring (bicyclic) bond motifs is 1. The van der Waals surface area contributed by atoms with Gasteiger partial charge in [-0.2, -0.15) is 13.2 Å². The summed E-state index contributed by atoms with van der Waals surface area (Å²) >= 11 is 11.8. The lowest BCUT2D eigenvalue weighted by Crippen LogP contribution is -2.21. The quantitative estimate of drug-likeness (QED) is 0.541. The molecule has 0 aliphatic heterocycles. The molecule has 8 heteroatoms. The molecular weight excluding hydrogens is 416 g/mol. The summed E-state index contributed by atoms with van der Waals surface area (Å²) in [5, 5.41) is -1.24. The van der Waals surface area contributed by atoms with E-state index in [1.165, 1.54) is 6.07 Å². The Bertz CT molecular complexity index is 954. The van der Waals surface area contributed by atoms with Gasteiger partial charge in [0.15, 0.2) is 5.78 Å². The molecule has 1 aliphatic rings. The predicted octanol–water partition coefficient (Wildman–Crippen LogP) is 6.23. The second-order valence-electron chi connectivity index (χ2n) is 6.76. The van der Waals surface area contributed by atoms with Crippen molar-refractivity contribution in [3.05, 3.63) is 68.7 Å². The van der Waals surface area contributed by atoms with Gasteiger partial charge < -0.3 is 4.74 Å². The zero-order valence-electron chi connectivity index (χ0n) is 14.8. The number of ketones is 1. The van der Waals surface area contributed by atoms with E-state index in [4.69, 9.17) is 27.9 Å². The van der Waals surface area contributed by atoms with Crippen LogP contribution in [-0.2, 0) is 15.7 Å². The highest BCUT2D eigenvalue weighted by molar-refractivity contribution is 6.37. The normalized spacial score (nSPS) is 19.1. The van der Waals surface area contributed by atoms with Gasteiger partial charge in [-0.05, 0) is 11.6 Å². The molecule has 0 heterocycles. The van der Waals surface area contributed by atoms with Crippen molar-refractivity contribution in [2.45, 2.75) is 32.0 Å². The van der Waals surface area contributed by atoms with Gasteiger partial charge in [0, 0.05) is 11.1 Å². The monoisotopic (exact) mass is 430 g/mol. The molecule has 0 amide bonds. The van der Waals surface area contributed by atoms with Crippen molar-refractivity contribution in [1.82, 2.24) is 0 Å². The molecule has 2 unspecified atom stereocenters. The number of esters is 1. The molecule has 0 saturated heterocycles. The molecule has 0 N–H and O–H groups in total. The van der Waals surface area contributed by atoms with Crippen molar-refractivity contribution < 1.29 is 27.5 Å². The zero-order chi connectivity index (χ0) is 20.8. The van der Waals surface area contributed by atoms with Crippen LogP contribution in [0, 0.1) is 5.92 Å². The fourth-order valence-electron chi connectivity index (χ4n) is 3.22. The number of ether oxygens (including phenoxy) is 1. The van der Waals surface area contributed by atoms with E-state index in [1.807, 2.05) is 0 Å². The second kappa shape index (κ2) is 7.41. The highest BCUT2D eigenvalue weighted by Gasteiger charge is 2.46. The van der Waals surface area contributed by atoms with E-state index >= 15 is 0 Å². The van der Waals surface area contributed by atoms with Gasteiger partial charge in [-0.3, -0.25) is 9.59 Å². The van der Waals surface area contributed by atoms with Crippen molar-refractivity contribution in [2.75, 3.05) is 0 Å². The number of Topliss-reactive ketones (excluding diaryl/α,β-unsaturated/α-hetero) is 1. The molecule has 2 aromatic carbocycles. The minimum Gasteiger partial charge on any atom is -0.456 e. The van der Waals surface area contributed by atoms with Gasteiger partial charge in [-0.1, -0.05) is 67.4 Å². The summed E-state index contributed by atoms with van der Waals surface area (Å²) in [5.41, 5.74) is -0.577. The third-order valence-corrected chi connectivity index (χ3v) is 5.29. The van der Waals surface area contributed by atoms with E-state index in [9.17, 15) is 22.8 Å². The van der Waals surface area contributed by atoms with Crippen molar-refractivity contribution in [1.29, 1.82) is 0 Å². The predicted molar refractivity (Wildman–Crippen MR) is 98.6 cm³/mol. The average molecular weight is 431 g/mol. The fraction of sp³-hybridized carbons (Fsp3) is 0.300. The third kappa shape index (κ3) is 3.51. The van der Waals surface area contributed by atoms with Gasteiger partial charge >= 0.3 is 12.1 Å². The Balaban J connectivity index is 2.17. The topological polar surface area (TPSA) is 43.4 Å². The Hall–Kier alpha value is -2.05. The second-order valence-corrected chi connectivity index (χ2v) is 7.55. The SMILES string of the molecule is CC(C)C(=O)OC1c2ccccc2C(=O)C1c1ccc(Cl)c(C(F)(F)F)c1Cl. The molecule has 0 spiro atoms. The van der Waals surface area contributed by atoms with Crippen LogP contribution < -0.4 is 0 Å². The molecule has 0 fully saturated rings. The van der Waals surface area contributed by atoms with Crippen molar-refractivity contribution >= 4 is 35.0 Å². The third-order valence-electron chi connectivity index (χ3n) is 4.57. The summed E-state index contributed by atoms with van der Waals surface area (Å²) in [4.78, 5) is 25.2. The highest BCUT2D eigenvalue weighted by atomic mass is 35.5. The number of alkyl halides is 3. The summed E-state index contributed by atoms with van der Waals surface area (Å²) in [6, 6.07) is 8.76. The van der Waals surface area contributed by atoms with Crippen molar-refractivity contribution in [3.63, 3.8) is 0 Å². The van der Waals surface area contributed by atoms with Crippen LogP contribution in [0.4, 0.5) is 13.2 Å². The summed E-state index contributed by atoms with van der Waals surface area (Å²) < 4.78 is 45.7. The number of halogens is 5. The highest BCUT2D eigenvalue weighted by Crippen LogP contribution is 2.50. The molecule has 0 aromatic heterocycles. The minimum absolute atomic E-state index is 0.0823. The van der Waals surface area contributed by atoms with Gasteiger partial charge in [0.2, 0.25) is 0 Å². The summed E-state index contributed by atoms with van der Waals surface area (Å²) in [7, 11) is 0. The number of hydrogen-bond donors (Lipinski definition) is 0. The molecule has 0 saturated carbocycles. The van der Waals surface area contributed by atoms with Gasteiger partial charge in [-0.25, -0.2) is 0 Å². The number of benzene rings is 2. The van der Waals surface area contributed by atoms with Crippen LogP contribution in [0.2, 0.25) is 10.0 Å². The van der Waals surface area contributed by atoms with E-state index in [2.05, 4.69) is 0 Å². The van der Waals surface area contributed by atoms with Crippen LogP contribution in [0.1, 0.15) is 52.9 Å². The van der Waals surface area contributed by atoms with Crippen LogP contribution in [0.5, 0.6) is 0 Å². The molecule has 3 rings (SSSR count). The first-order chi connectivity index (χ1) is 13.0. The molecular formula is C20H15Cl2F3O3. The van der Waals surface area contributed by atoms with Gasteiger partial charge in [0.1, 0.15) is 6.10 Å². The maximum atomic E-state index is 13.4. The van der Waals surface area contributed by atoms with Crippen molar-refractivity contribution in [2.24, 2.45) is 5.92 Å². The molecule has 0 bridgehead atoms. The van der Waals surface area contributed by atoms with Crippen molar-refractivity contribution in [3.8, 4) is 0 Å². The van der Waals surface area contributed by atoms with Crippen LogP contribution in [0.3, 0.4) is 0 Å². The standard InChI is InChI=1S/C20H15Cl2F3O3/c1-9(2)19(27)28-18-11-6-4-3-5-10(11)17(26)14(18)12-7-8-13(21)15(16(12)22)20(23,24)25/h3-9,14,18H,1-2H3. The smallest absolute Gasteiger partial charge is 0.419 e.